The van der Waals surface area contributed by atoms with Crippen LogP contribution in [0.3, 0.4) is 0 Å². The minimum absolute atomic E-state index is 0.0890. The summed E-state index contributed by atoms with van der Waals surface area (Å²) >= 11 is 0. The Hall–Kier alpha value is -0.340. The maximum absolute atomic E-state index is 5.64. The predicted octanol–water partition coefficient (Wildman–Crippen LogP) is 2.89. The van der Waals surface area contributed by atoms with E-state index in [9.17, 15) is 0 Å². The van der Waals surface area contributed by atoms with Crippen molar-refractivity contribution in [2.75, 3.05) is 13.2 Å². The van der Waals surface area contributed by atoms with Crippen LogP contribution in [0, 0.1) is 5.92 Å². The molecule has 1 saturated carbocycles. The summed E-state index contributed by atoms with van der Waals surface area (Å²) < 4.78 is 11.1. The zero-order valence-electron chi connectivity index (χ0n) is 8.84. The van der Waals surface area contributed by atoms with Gasteiger partial charge in [0.25, 0.3) is 0 Å². The SMILES string of the molecule is C=C1CC1CCCOC1CCCCO1. The van der Waals surface area contributed by atoms with Crippen molar-refractivity contribution in [2.24, 2.45) is 5.92 Å². The molecule has 0 aromatic rings. The predicted molar refractivity (Wildman–Crippen MR) is 56.0 cm³/mol. The molecule has 2 unspecified atom stereocenters. The van der Waals surface area contributed by atoms with E-state index in [1.165, 1.54) is 31.3 Å². The highest BCUT2D eigenvalue weighted by molar-refractivity contribution is 5.18. The normalized spacial score (nSPS) is 31.9. The molecule has 0 bridgehead atoms. The molecular formula is C12H20O2. The summed E-state index contributed by atoms with van der Waals surface area (Å²) in [6.07, 6.45) is 7.28. The molecule has 0 aromatic carbocycles. The standard InChI is InChI=1S/C12H20O2/c1-10-9-11(10)5-4-8-14-12-6-2-3-7-13-12/h11-12H,1-9H2. The molecule has 1 heterocycles. The monoisotopic (exact) mass is 196 g/mol. The van der Waals surface area contributed by atoms with Crippen LogP contribution in [0.15, 0.2) is 12.2 Å². The number of hydrogen-bond donors (Lipinski definition) is 0. The van der Waals surface area contributed by atoms with Gasteiger partial charge in [-0.05, 0) is 44.4 Å². The molecule has 0 spiro atoms. The Labute approximate surface area is 86.3 Å². The van der Waals surface area contributed by atoms with Crippen LogP contribution in [0.25, 0.3) is 0 Å². The minimum Gasteiger partial charge on any atom is -0.353 e. The van der Waals surface area contributed by atoms with Gasteiger partial charge >= 0.3 is 0 Å². The molecular weight excluding hydrogens is 176 g/mol. The number of allylic oxidation sites excluding steroid dienone is 1. The van der Waals surface area contributed by atoms with Gasteiger partial charge in [-0.15, -0.1) is 0 Å². The lowest BCUT2D eigenvalue weighted by atomic mass is 10.2. The van der Waals surface area contributed by atoms with Crippen LogP contribution in [-0.4, -0.2) is 19.5 Å². The van der Waals surface area contributed by atoms with Gasteiger partial charge in [0.2, 0.25) is 0 Å². The van der Waals surface area contributed by atoms with Gasteiger partial charge in [-0.2, -0.15) is 0 Å². The molecule has 1 aliphatic carbocycles. The molecule has 0 N–H and O–H groups in total. The van der Waals surface area contributed by atoms with Crippen molar-refractivity contribution in [1.29, 1.82) is 0 Å². The zero-order chi connectivity index (χ0) is 9.80. The van der Waals surface area contributed by atoms with E-state index in [1.807, 2.05) is 0 Å². The van der Waals surface area contributed by atoms with E-state index < -0.39 is 0 Å². The van der Waals surface area contributed by atoms with E-state index in [2.05, 4.69) is 6.58 Å². The fourth-order valence-corrected chi connectivity index (χ4v) is 1.95. The van der Waals surface area contributed by atoms with Crippen LogP contribution < -0.4 is 0 Å². The van der Waals surface area contributed by atoms with Gasteiger partial charge in [0.1, 0.15) is 0 Å². The second-order valence-corrected chi connectivity index (χ2v) is 4.37. The first-order valence-electron chi connectivity index (χ1n) is 5.77. The van der Waals surface area contributed by atoms with Gasteiger partial charge in [-0.3, -0.25) is 0 Å². The van der Waals surface area contributed by atoms with Gasteiger partial charge in [0.15, 0.2) is 6.29 Å². The summed E-state index contributed by atoms with van der Waals surface area (Å²) in [6.45, 7) is 5.69. The third-order valence-corrected chi connectivity index (χ3v) is 3.06. The third-order valence-electron chi connectivity index (χ3n) is 3.06. The van der Waals surface area contributed by atoms with Gasteiger partial charge in [-0.1, -0.05) is 12.2 Å². The van der Waals surface area contributed by atoms with Crippen molar-refractivity contribution in [1.82, 2.24) is 0 Å². The Bertz CT molecular complexity index is 194. The van der Waals surface area contributed by atoms with E-state index in [0.29, 0.717) is 0 Å². The van der Waals surface area contributed by atoms with E-state index in [1.54, 1.807) is 0 Å². The Kier molecular flexibility index (Phi) is 3.60. The van der Waals surface area contributed by atoms with Crippen LogP contribution in [-0.2, 0) is 9.47 Å². The van der Waals surface area contributed by atoms with Crippen molar-refractivity contribution in [2.45, 2.75) is 44.8 Å². The molecule has 1 aliphatic heterocycles. The highest BCUT2D eigenvalue weighted by Gasteiger charge is 2.26. The molecule has 2 nitrogen and oxygen atoms in total. The Morgan fingerprint density at radius 3 is 2.93 bits per heavy atom. The first kappa shape index (κ1) is 10.2. The molecule has 2 atom stereocenters. The molecule has 80 valence electrons. The average molecular weight is 196 g/mol. The lowest BCUT2D eigenvalue weighted by molar-refractivity contribution is -0.162. The zero-order valence-corrected chi connectivity index (χ0v) is 8.84. The number of rotatable bonds is 5. The molecule has 0 amide bonds. The third kappa shape index (κ3) is 3.10. The van der Waals surface area contributed by atoms with E-state index >= 15 is 0 Å². The van der Waals surface area contributed by atoms with E-state index in [0.717, 1.165) is 32.0 Å². The Balaban J connectivity index is 1.47. The molecule has 2 fully saturated rings. The van der Waals surface area contributed by atoms with Crippen molar-refractivity contribution in [3.8, 4) is 0 Å². The maximum atomic E-state index is 5.64. The molecule has 14 heavy (non-hydrogen) atoms. The second kappa shape index (κ2) is 4.94. The highest BCUT2D eigenvalue weighted by Crippen LogP contribution is 2.39. The number of ether oxygens (including phenoxy) is 2. The van der Waals surface area contributed by atoms with Crippen LogP contribution in [0.1, 0.15) is 38.5 Å². The Morgan fingerprint density at radius 1 is 1.43 bits per heavy atom. The summed E-state index contributed by atoms with van der Waals surface area (Å²) in [5.41, 5.74) is 1.43. The van der Waals surface area contributed by atoms with Crippen LogP contribution in [0.2, 0.25) is 0 Å². The number of hydrogen-bond acceptors (Lipinski definition) is 2. The molecule has 1 saturated heterocycles. The van der Waals surface area contributed by atoms with Gasteiger partial charge in [0, 0.05) is 13.2 Å². The van der Waals surface area contributed by atoms with Crippen LogP contribution in [0.4, 0.5) is 0 Å². The van der Waals surface area contributed by atoms with Crippen LogP contribution >= 0.6 is 0 Å². The van der Waals surface area contributed by atoms with Crippen molar-refractivity contribution in [3.63, 3.8) is 0 Å². The second-order valence-electron chi connectivity index (χ2n) is 4.37. The maximum Gasteiger partial charge on any atom is 0.157 e. The fourth-order valence-electron chi connectivity index (χ4n) is 1.95. The average Bonchev–Trinajstić information content (AvgIpc) is 2.91. The first-order valence-corrected chi connectivity index (χ1v) is 5.77. The van der Waals surface area contributed by atoms with E-state index in [-0.39, 0.29) is 6.29 Å². The lowest BCUT2D eigenvalue weighted by Gasteiger charge is -2.22. The highest BCUT2D eigenvalue weighted by atomic mass is 16.7. The first-order chi connectivity index (χ1) is 6.86. The summed E-state index contributed by atoms with van der Waals surface area (Å²) in [4.78, 5) is 0. The molecule has 2 heteroatoms. The minimum atomic E-state index is 0.0890. The fraction of sp³-hybridized carbons (Fsp3) is 0.833. The molecule has 2 aliphatic rings. The largest absolute Gasteiger partial charge is 0.353 e. The lowest BCUT2D eigenvalue weighted by Crippen LogP contribution is -2.22. The summed E-state index contributed by atoms with van der Waals surface area (Å²) in [5, 5.41) is 0. The molecule has 2 rings (SSSR count). The Morgan fingerprint density at radius 2 is 2.29 bits per heavy atom. The summed E-state index contributed by atoms with van der Waals surface area (Å²) in [7, 11) is 0. The van der Waals surface area contributed by atoms with Gasteiger partial charge in [0.05, 0.1) is 0 Å². The van der Waals surface area contributed by atoms with Crippen molar-refractivity contribution in [3.05, 3.63) is 12.2 Å². The smallest absolute Gasteiger partial charge is 0.157 e. The summed E-state index contributed by atoms with van der Waals surface area (Å²) in [5.74, 6) is 0.811. The van der Waals surface area contributed by atoms with Gasteiger partial charge in [-0.25, -0.2) is 0 Å². The summed E-state index contributed by atoms with van der Waals surface area (Å²) in [6, 6.07) is 0. The van der Waals surface area contributed by atoms with Gasteiger partial charge < -0.3 is 9.47 Å². The molecule has 0 radical (unpaired) electrons. The van der Waals surface area contributed by atoms with E-state index in [4.69, 9.17) is 9.47 Å². The topological polar surface area (TPSA) is 18.5 Å². The van der Waals surface area contributed by atoms with Crippen molar-refractivity contribution < 1.29 is 9.47 Å². The van der Waals surface area contributed by atoms with Crippen LogP contribution in [0.5, 0.6) is 0 Å². The quantitative estimate of drug-likeness (QED) is 0.497. The van der Waals surface area contributed by atoms with Crippen molar-refractivity contribution >= 4 is 0 Å². The molecule has 0 aromatic heterocycles.